The molecule has 0 saturated carbocycles. The largest absolute Gasteiger partial charge is 0.497 e. The van der Waals surface area contributed by atoms with Crippen molar-refractivity contribution in [1.29, 1.82) is 0 Å². The molecule has 0 amide bonds. The maximum absolute atomic E-state index is 6.01. The lowest BCUT2D eigenvalue weighted by molar-refractivity contribution is 0.297. The van der Waals surface area contributed by atoms with Crippen molar-refractivity contribution in [3.05, 3.63) is 88.0 Å². The van der Waals surface area contributed by atoms with Crippen LogP contribution in [0.15, 0.2) is 54.6 Å². The van der Waals surface area contributed by atoms with E-state index in [2.05, 4.69) is 0 Å². The van der Waals surface area contributed by atoms with Gasteiger partial charge in [0.1, 0.15) is 30.5 Å². The predicted octanol–water partition coefficient (Wildman–Crippen LogP) is 7.81. The molecular weight excluding hydrogens is 490 g/mol. The van der Waals surface area contributed by atoms with Crippen LogP contribution in [-0.4, -0.2) is 7.11 Å². The maximum Gasteiger partial charge on any atom is 0.120 e. The van der Waals surface area contributed by atoms with Gasteiger partial charge < -0.3 is 14.2 Å². The van der Waals surface area contributed by atoms with Gasteiger partial charge >= 0.3 is 0 Å². The van der Waals surface area contributed by atoms with Gasteiger partial charge in [0, 0.05) is 23.5 Å². The molecule has 3 aromatic rings. The highest BCUT2D eigenvalue weighted by molar-refractivity contribution is 6.18. The van der Waals surface area contributed by atoms with Gasteiger partial charge in [-0.2, -0.15) is 0 Å². The fourth-order valence-corrected chi connectivity index (χ4v) is 3.90. The highest BCUT2D eigenvalue weighted by Crippen LogP contribution is 2.25. The van der Waals surface area contributed by atoms with Crippen LogP contribution in [0.5, 0.6) is 17.2 Å². The van der Waals surface area contributed by atoms with Gasteiger partial charge in [0.05, 0.1) is 7.11 Å². The summed E-state index contributed by atoms with van der Waals surface area (Å²) in [5, 5.41) is 0. The standard InChI is InChI=1S/C25H24Cl4O3/c1-30-23-9-21(15-31-24-5-17(11-26)2-18(6-24)12-27)4-22(10-23)16-32-25-7-19(13-28)3-20(8-25)14-29/h2-10H,11-16H2,1H3. The third-order valence-corrected chi connectivity index (χ3v) is 5.98. The van der Waals surface area contributed by atoms with Gasteiger partial charge in [-0.15, -0.1) is 46.4 Å². The molecule has 0 radical (unpaired) electrons. The van der Waals surface area contributed by atoms with E-state index in [-0.39, 0.29) is 0 Å². The second kappa shape index (κ2) is 12.5. The highest BCUT2D eigenvalue weighted by atomic mass is 35.5. The van der Waals surface area contributed by atoms with Crippen molar-refractivity contribution in [3.63, 3.8) is 0 Å². The van der Waals surface area contributed by atoms with Crippen LogP contribution in [0.4, 0.5) is 0 Å². The number of hydrogen-bond donors (Lipinski definition) is 0. The number of halogens is 4. The third-order valence-electron chi connectivity index (χ3n) is 4.74. The molecule has 3 nitrogen and oxygen atoms in total. The van der Waals surface area contributed by atoms with E-state index in [1.54, 1.807) is 7.11 Å². The lowest BCUT2D eigenvalue weighted by atomic mass is 10.1. The van der Waals surface area contributed by atoms with E-state index in [1.165, 1.54) is 0 Å². The van der Waals surface area contributed by atoms with Gasteiger partial charge in [0.2, 0.25) is 0 Å². The number of methoxy groups -OCH3 is 1. The van der Waals surface area contributed by atoms with Crippen molar-refractivity contribution in [2.45, 2.75) is 36.7 Å². The minimum atomic E-state index is 0.371. The zero-order valence-electron chi connectivity index (χ0n) is 17.7. The summed E-state index contributed by atoms with van der Waals surface area (Å²) in [6.07, 6.45) is 0. The summed E-state index contributed by atoms with van der Waals surface area (Å²) in [6.45, 7) is 0.742. The van der Waals surface area contributed by atoms with E-state index in [0.717, 1.165) is 50.6 Å². The summed E-state index contributed by atoms with van der Waals surface area (Å²) >= 11 is 23.9. The smallest absolute Gasteiger partial charge is 0.120 e. The summed E-state index contributed by atoms with van der Waals surface area (Å²) in [5.74, 6) is 3.79. The van der Waals surface area contributed by atoms with Gasteiger partial charge in [0.15, 0.2) is 0 Å². The highest BCUT2D eigenvalue weighted by Gasteiger charge is 2.07. The van der Waals surface area contributed by atoms with E-state index in [0.29, 0.717) is 36.7 Å². The molecule has 0 heterocycles. The van der Waals surface area contributed by atoms with E-state index < -0.39 is 0 Å². The van der Waals surface area contributed by atoms with Crippen LogP contribution in [0, 0.1) is 0 Å². The quantitative estimate of drug-likeness (QED) is 0.245. The minimum Gasteiger partial charge on any atom is -0.497 e. The first-order valence-corrected chi connectivity index (χ1v) is 12.1. The number of hydrogen-bond acceptors (Lipinski definition) is 3. The van der Waals surface area contributed by atoms with Gasteiger partial charge in [0.25, 0.3) is 0 Å². The van der Waals surface area contributed by atoms with Gasteiger partial charge in [-0.1, -0.05) is 12.1 Å². The average Bonchev–Trinajstić information content (AvgIpc) is 2.85. The Morgan fingerprint density at radius 2 is 0.781 bits per heavy atom. The van der Waals surface area contributed by atoms with Crippen LogP contribution in [0.1, 0.15) is 33.4 Å². The molecule has 3 aromatic carbocycles. The summed E-state index contributed by atoms with van der Waals surface area (Å²) in [6, 6.07) is 17.6. The Morgan fingerprint density at radius 3 is 1.09 bits per heavy atom. The Kier molecular flexibility index (Phi) is 9.68. The molecule has 0 saturated heterocycles. The third kappa shape index (κ3) is 7.11. The Hall–Kier alpha value is -1.78. The molecule has 170 valence electrons. The van der Waals surface area contributed by atoms with Crippen molar-refractivity contribution in [3.8, 4) is 17.2 Å². The monoisotopic (exact) mass is 512 g/mol. The molecule has 3 rings (SSSR count). The molecule has 0 aromatic heterocycles. The number of rotatable bonds is 11. The van der Waals surface area contributed by atoms with Crippen LogP contribution in [0.25, 0.3) is 0 Å². The first kappa shape index (κ1) is 24.9. The second-order valence-electron chi connectivity index (χ2n) is 7.27. The Balaban J connectivity index is 1.73. The number of ether oxygens (including phenoxy) is 3. The molecule has 0 aliphatic rings. The molecule has 0 unspecified atom stereocenters. The van der Waals surface area contributed by atoms with Gasteiger partial charge in [-0.05, 0) is 75.8 Å². The molecule has 32 heavy (non-hydrogen) atoms. The van der Waals surface area contributed by atoms with E-state index in [4.69, 9.17) is 60.6 Å². The maximum atomic E-state index is 6.01. The molecule has 7 heteroatoms. The normalized spacial score (nSPS) is 10.8. The summed E-state index contributed by atoms with van der Waals surface area (Å²) in [7, 11) is 1.64. The second-order valence-corrected chi connectivity index (χ2v) is 8.34. The topological polar surface area (TPSA) is 27.7 Å². The lowest BCUT2D eigenvalue weighted by Crippen LogP contribution is -2.02. The molecule has 0 spiro atoms. The summed E-state index contributed by atoms with van der Waals surface area (Å²) in [4.78, 5) is 0. The zero-order valence-corrected chi connectivity index (χ0v) is 20.7. The van der Waals surface area contributed by atoms with E-state index >= 15 is 0 Å². The predicted molar refractivity (Wildman–Crippen MR) is 133 cm³/mol. The van der Waals surface area contributed by atoms with E-state index in [9.17, 15) is 0 Å². The minimum absolute atomic E-state index is 0.371. The molecule has 0 fully saturated rings. The first-order chi connectivity index (χ1) is 15.6. The Bertz CT molecular complexity index is 917. The molecule has 0 aliphatic heterocycles. The van der Waals surface area contributed by atoms with Crippen LogP contribution in [0.2, 0.25) is 0 Å². The molecular formula is C25H24Cl4O3. The van der Waals surface area contributed by atoms with Crippen molar-refractivity contribution >= 4 is 46.4 Å². The molecule has 0 N–H and O–H groups in total. The van der Waals surface area contributed by atoms with Crippen LogP contribution in [0.3, 0.4) is 0 Å². The fraction of sp³-hybridized carbons (Fsp3) is 0.280. The zero-order chi connectivity index (χ0) is 22.9. The number of alkyl halides is 4. The van der Waals surface area contributed by atoms with Crippen molar-refractivity contribution in [2.75, 3.05) is 7.11 Å². The van der Waals surface area contributed by atoms with Crippen molar-refractivity contribution in [2.24, 2.45) is 0 Å². The first-order valence-electron chi connectivity index (χ1n) is 9.98. The van der Waals surface area contributed by atoms with Crippen molar-refractivity contribution < 1.29 is 14.2 Å². The summed E-state index contributed by atoms with van der Waals surface area (Å²) in [5.41, 5.74) is 5.79. The SMILES string of the molecule is COc1cc(COc2cc(CCl)cc(CCl)c2)cc(COc2cc(CCl)cc(CCl)c2)c1. The van der Waals surface area contributed by atoms with Crippen LogP contribution < -0.4 is 14.2 Å². The lowest BCUT2D eigenvalue weighted by Gasteiger charge is -2.13. The fourth-order valence-electron chi connectivity index (χ4n) is 3.28. The molecule has 0 bridgehead atoms. The van der Waals surface area contributed by atoms with Crippen LogP contribution in [-0.2, 0) is 36.7 Å². The molecule has 0 atom stereocenters. The van der Waals surface area contributed by atoms with Crippen LogP contribution >= 0.6 is 46.4 Å². The van der Waals surface area contributed by atoms with E-state index in [1.807, 2.05) is 54.6 Å². The average molecular weight is 514 g/mol. The van der Waals surface area contributed by atoms with Gasteiger partial charge in [-0.25, -0.2) is 0 Å². The Morgan fingerprint density at radius 1 is 0.469 bits per heavy atom. The van der Waals surface area contributed by atoms with Crippen molar-refractivity contribution in [1.82, 2.24) is 0 Å². The molecule has 0 aliphatic carbocycles. The number of benzene rings is 3. The van der Waals surface area contributed by atoms with Gasteiger partial charge in [-0.3, -0.25) is 0 Å². The summed E-state index contributed by atoms with van der Waals surface area (Å²) < 4.78 is 17.5. The Labute approximate surface area is 209 Å².